The highest BCUT2D eigenvalue weighted by atomic mass is 79.9. The predicted molar refractivity (Wildman–Crippen MR) is 100.0 cm³/mol. The van der Waals surface area contributed by atoms with Crippen molar-refractivity contribution in [2.75, 3.05) is 19.0 Å². The van der Waals surface area contributed by atoms with Gasteiger partial charge in [-0.1, -0.05) is 12.1 Å². The normalized spacial score (nSPS) is 10.3. The van der Waals surface area contributed by atoms with Crippen molar-refractivity contribution in [1.29, 1.82) is 0 Å². The van der Waals surface area contributed by atoms with Crippen molar-refractivity contribution < 1.29 is 14.3 Å². The highest BCUT2D eigenvalue weighted by Gasteiger charge is 2.09. The first-order chi connectivity index (χ1) is 11.5. The first kappa shape index (κ1) is 18.3. The fourth-order valence-corrected chi connectivity index (χ4v) is 2.93. The van der Waals surface area contributed by atoms with Crippen LogP contribution >= 0.6 is 15.9 Å². The molecular weight excluding hydrogens is 370 g/mol. The van der Waals surface area contributed by atoms with E-state index in [9.17, 15) is 4.79 Å². The lowest BCUT2D eigenvalue weighted by molar-refractivity contribution is -0.116. The van der Waals surface area contributed by atoms with Crippen LogP contribution in [0.2, 0.25) is 0 Å². The standard InChI is InChI=1S/C19H22BrNO3/c1-4-24-17-9-6-14(12-18(17)23-3)7-10-19(22)21-16-8-5-13(2)11-15(16)20/h5-6,8-9,11-12H,4,7,10H2,1-3H3,(H,21,22). The second-order valence-corrected chi connectivity index (χ2v) is 6.30. The summed E-state index contributed by atoms with van der Waals surface area (Å²) < 4.78 is 11.7. The van der Waals surface area contributed by atoms with E-state index in [0.717, 1.165) is 27.0 Å². The molecule has 0 aliphatic carbocycles. The quantitative estimate of drug-likeness (QED) is 0.741. The van der Waals surface area contributed by atoms with Crippen LogP contribution in [0.5, 0.6) is 11.5 Å². The lowest BCUT2D eigenvalue weighted by Gasteiger charge is -2.11. The molecule has 0 aromatic heterocycles. The monoisotopic (exact) mass is 391 g/mol. The zero-order valence-corrected chi connectivity index (χ0v) is 15.8. The first-order valence-corrected chi connectivity index (χ1v) is 8.68. The third-order valence-electron chi connectivity index (χ3n) is 3.57. The lowest BCUT2D eigenvalue weighted by atomic mass is 10.1. The average molecular weight is 392 g/mol. The second kappa shape index (κ2) is 8.73. The van der Waals surface area contributed by atoms with E-state index in [1.54, 1.807) is 7.11 Å². The molecule has 0 atom stereocenters. The number of aryl methyl sites for hydroxylation is 2. The van der Waals surface area contributed by atoms with Crippen molar-refractivity contribution in [3.63, 3.8) is 0 Å². The van der Waals surface area contributed by atoms with E-state index in [4.69, 9.17) is 9.47 Å². The largest absolute Gasteiger partial charge is 0.493 e. The Labute approximate surface area is 151 Å². The van der Waals surface area contributed by atoms with Crippen molar-refractivity contribution in [3.8, 4) is 11.5 Å². The van der Waals surface area contributed by atoms with Gasteiger partial charge in [0.05, 0.1) is 19.4 Å². The minimum absolute atomic E-state index is 0.0209. The third kappa shape index (κ3) is 4.99. The molecule has 0 bridgehead atoms. The molecule has 1 N–H and O–H groups in total. The Kier molecular flexibility index (Phi) is 6.67. The van der Waals surface area contributed by atoms with Gasteiger partial charge in [-0.3, -0.25) is 4.79 Å². The van der Waals surface area contributed by atoms with Gasteiger partial charge < -0.3 is 14.8 Å². The zero-order chi connectivity index (χ0) is 17.5. The molecule has 128 valence electrons. The van der Waals surface area contributed by atoms with Crippen LogP contribution in [0.3, 0.4) is 0 Å². The summed E-state index contributed by atoms with van der Waals surface area (Å²) >= 11 is 3.47. The van der Waals surface area contributed by atoms with Crippen molar-refractivity contribution in [2.45, 2.75) is 26.7 Å². The van der Waals surface area contributed by atoms with Gasteiger partial charge in [-0.05, 0) is 71.6 Å². The van der Waals surface area contributed by atoms with Crippen LogP contribution < -0.4 is 14.8 Å². The van der Waals surface area contributed by atoms with E-state index in [-0.39, 0.29) is 5.91 Å². The van der Waals surface area contributed by atoms with Crippen LogP contribution in [-0.2, 0) is 11.2 Å². The summed E-state index contributed by atoms with van der Waals surface area (Å²) in [7, 11) is 1.61. The maximum absolute atomic E-state index is 12.2. The van der Waals surface area contributed by atoms with Crippen LogP contribution in [0, 0.1) is 6.92 Å². The number of methoxy groups -OCH3 is 1. The maximum Gasteiger partial charge on any atom is 0.224 e. The molecule has 2 rings (SSSR count). The number of halogens is 1. The molecule has 0 aliphatic rings. The highest BCUT2D eigenvalue weighted by molar-refractivity contribution is 9.10. The molecule has 0 spiro atoms. The van der Waals surface area contributed by atoms with Gasteiger partial charge in [0, 0.05) is 10.9 Å². The van der Waals surface area contributed by atoms with Gasteiger partial charge in [-0.2, -0.15) is 0 Å². The van der Waals surface area contributed by atoms with E-state index in [1.807, 2.05) is 50.2 Å². The number of benzene rings is 2. The summed E-state index contributed by atoms with van der Waals surface area (Å²) in [6, 6.07) is 11.6. The Morgan fingerprint density at radius 1 is 1.17 bits per heavy atom. The number of carbonyl (C=O) groups is 1. The molecule has 0 saturated carbocycles. The summed E-state index contributed by atoms with van der Waals surface area (Å²) in [4.78, 5) is 12.2. The number of nitrogens with one attached hydrogen (secondary N) is 1. The Morgan fingerprint density at radius 2 is 1.96 bits per heavy atom. The van der Waals surface area contributed by atoms with Crippen molar-refractivity contribution >= 4 is 27.5 Å². The molecule has 0 aliphatic heterocycles. The fraction of sp³-hybridized carbons (Fsp3) is 0.316. The molecule has 2 aromatic carbocycles. The van der Waals surface area contributed by atoms with Crippen molar-refractivity contribution in [1.82, 2.24) is 0 Å². The molecule has 0 fully saturated rings. The number of anilines is 1. The van der Waals surface area contributed by atoms with Gasteiger partial charge in [0.2, 0.25) is 5.91 Å². The summed E-state index contributed by atoms with van der Waals surface area (Å²) in [6.45, 7) is 4.53. The Balaban J connectivity index is 1.96. The number of rotatable bonds is 7. The number of ether oxygens (including phenoxy) is 2. The molecule has 1 amide bonds. The Bertz CT molecular complexity index is 716. The molecule has 4 nitrogen and oxygen atoms in total. The fourth-order valence-electron chi connectivity index (χ4n) is 2.33. The van der Waals surface area contributed by atoms with Gasteiger partial charge in [-0.15, -0.1) is 0 Å². The average Bonchev–Trinajstić information content (AvgIpc) is 2.56. The molecule has 5 heteroatoms. The molecular formula is C19H22BrNO3. The molecule has 0 saturated heterocycles. The first-order valence-electron chi connectivity index (χ1n) is 7.89. The third-order valence-corrected chi connectivity index (χ3v) is 4.22. The molecule has 0 heterocycles. The Morgan fingerprint density at radius 3 is 2.62 bits per heavy atom. The van der Waals surface area contributed by atoms with Crippen molar-refractivity contribution in [3.05, 3.63) is 52.0 Å². The van der Waals surface area contributed by atoms with Crippen LogP contribution in [0.25, 0.3) is 0 Å². The number of hydrogen-bond acceptors (Lipinski definition) is 3. The van der Waals surface area contributed by atoms with Gasteiger partial charge >= 0.3 is 0 Å². The smallest absolute Gasteiger partial charge is 0.224 e. The summed E-state index contributed by atoms with van der Waals surface area (Å²) in [5.74, 6) is 1.39. The van der Waals surface area contributed by atoms with Crippen molar-refractivity contribution in [2.24, 2.45) is 0 Å². The zero-order valence-electron chi connectivity index (χ0n) is 14.2. The molecule has 2 aromatic rings. The Hall–Kier alpha value is -2.01. The van der Waals surface area contributed by atoms with Gasteiger partial charge in [0.1, 0.15) is 0 Å². The van der Waals surface area contributed by atoms with Gasteiger partial charge in [0.15, 0.2) is 11.5 Å². The van der Waals surface area contributed by atoms with E-state index >= 15 is 0 Å². The summed E-state index contributed by atoms with van der Waals surface area (Å²) in [6.07, 6.45) is 1.04. The number of carbonyl (C=O) groups excluding carboxylic acids is 1. The number of amides is 1. The minimum Gasteiger partial charge on any atom is -0.493 e. The SMILES string of the molecule is CCOc1ccc(CCC(=O)Nc2ccc(C)cc2Br)cc1OC. The van der Waals surface area contributed by atoms with Crippen LogP contribution in [0.15, 0.2) is 40.9 Å². The number of hydrogen-bond donors (Lipinski definition) is 1. The molecule has 0 radical (unpaired) electrons. The topological polar surface area (TPSA) is 47.6 Å². The van der Waals surface area contributed by atoms with E-state index in [1.165, 1.54) is 0 Å². The molecule has 0 unspecified atom stereocenters. The molecule has 24 heavy (non-hydrogen) atoms. The highest BCUT2D eigenvalue weighted by Crippen LogP contribution is 2.28. The summed E-state index contributed by atoms with van der Waals surface area (Å²) in [5.41, 5.74) is 2.96. The predicted octanol–water partition coefficient (Wildman–Crippen LogP) is 4.74. The summed E-state index contributed by atoms with van der Waals surface area (Å²) in [5, 5.41) is 2.93. The second-order valence-electron chi connectivity index (χ2n) is 5.45. The van der Waals surface area contributed by atoms with Gasteiger partial charge in [-0.25, -0.2) is 0 Å². The van der Waals surface area contributed by atoms with Gasteiger partial charge in [0.25, 0.3) is 0 Å². The van der Waals surface area contributed by atoms with Crippen LogP contribution in [-0.4, -0.2) is 19.6 Å². The van der Waals surface area contributed by atoms with Crippen LogP contribution in [0.1, 0.15) is 24.5 Å². The lowest BCUT2D eigenvalue weighted by Crippen LogP contribution is -2.12. The van der Waals surface area contributed by atoms with Crippen LogP contribution in [0.4, 0.5) is 5.69 Å². The van der Waals surface area contributed by atoms with E-state index in [2.05, 4.69) is 21.2 Å². The van der Waals surface area contributed by atoms with E-state index < -0.39 is 0 Å². The maximum atomic E-state index is 12.2. The van der Waals surface area contributed by atoms with E-state index in [0.29, 0.717) is 25.2 Å². The minimum atomic E-state index is -0.0209.